The minimum absolute atomic E-state index is 0.146. The fourth-order valence-corrected chi connectivity index (χ4v) is 4.96. The molecular formula is C15H9Br2NO3S. The molecule has 7 heteroatoms. The number of hydrogen-bond acceptors (Lipinski definition) is 3. The molecule has 0 aliphatic rings. The summed E-state index contributed by atoms with van der Waals surface area (Å²) in [7, 11) is -3.80. The molecule has 0 N–H and O–H groups in total. The predicted molar refractivity (Wildman–Crippen MR) is 91.8 cm³/mol. The van der Waals surface area contributed by atoms with E-state index in [2.05, 4.69) is 31.9 Å². The average molecular weight is 443 g/mol. The van der Waals surface area contributed by atoms with E-state index in [-0.39, 0.29) is 4.90 Å². The van der Waals surface area contributed by atoms with Crippen molar-refractivity contribution in [1.29, 1.82) is 0 Å². The van der Waals surface area contributed by atoms with Gasteiger partial charge in [0, 0.05) is 26.1 Å². The Bertz CT molecular complexity index is 993. The number of rotatable bonds is 3. The highest BCUT2D eigenvalue weighted by atomic mass is 79.9. The molecule has 112 valence electrons. The molecule has 0 saturated heterocycles. The lowest BCUT2D eigenvalue weighted by molar-refractivity contribution is 0.112. The molecule has 0 saturated carbocycles. The topological polar surface area (TPSA) is 56.1 Å². The highest BCUT2D eigenvalue weighted by Crippen LogP contribution is 2.30. The van der Waals surface area contributed by atoms with E-state index in [1.165, 1.54) is 12.3 Å². The van der Waals surface area contributed by atoms with E-state index in [0.29, 0.717) is 27.2 Å². The molecule has 3 rings (SSSR count). The Labute approximate surface area is 144 Å². The van der Waals surface area contributed by atoms with Crippen molar-refractivity contribution in [2.45, 2.75) is 4.90 Å². The van der Waals surface area contributed by atoms with Crippen molar-refractivity contribution in [3.05, 3.63) is 63.2 Å². The predicted octanol–water partition coefficient (Wildman–Crippen LogP) is 4.22. The smallest absolute Gasteiger partial charge is 0.269 e. The van der Waals surface area contributed by atoms with Crippen molar-refractivity contribution in [1.82, 2.24) is 3.97 Å². The largest absolute Gasteiger partial charge is 0.298 e. The first-order valence-electron chi connectivity index (χ1n) is 6.21. The fraction of sp³-hybridized carbons (Fsp3) is 0. The third-order valence-electron chi connectivity index (χ3n) is 3.26. The molecule has 0 aliphatic heterocycles. The summed E-state index contributed by atoms with van der Waals surface area (Å²) in [6, 6.07) is 11.7. The number of aldehydes is 1. The van der Waals surface area contributed by atoms with E-state index in [0.717, 1.165) is 8.45 Å². The van der Waals surface area contributed by atoms with Crippen LogP contribution in [0.15, 0.2) is 62.5 Å². The van der Waals surface area contributed by atoms with Gasteiger partial charge in [-0.1, -0.05) is 28.1 Å². The van der Waals surface area contributed by atoms with Gasteiger partial charge in [-0.05, 0) is 46.3 Å². The van der Waals surface area contributed by atoms with Crippen LogP contribution in [0.25, 0.3) is 10.9 Å². The molecule has 0 unspecified atom stereocenters. The summed E-state index contributed by atoms with van der Waals surface area (Å²) in [5.41, 5.74) is 0.785. The van der Waals surface area contributed by atoms with Crippen molar-refractivity contribution in [2.24, 2.45) is 0 Å². The van der Waals surface area contributed by atoms with Crippen LogP contribution < -0.4 is 0 Å². The van der Waals surface area contributed by atoms with Crippen molar-refractivity contribution in [3.8, 4) is 0 Å². The highest BCUT2D eigenvalue weighted by Gasteiger charge is 2.23. The van der Waals surface area contributed by atoms with Crippen LogP contribution in [0, 0.1) is 0 Å². The van der Waals surface area contributed by atoms with Crippen LogP contribution in [0.5, 0.6) is 0 Å². The first-order chi connectivity index (χ1) is 10.4. The number of carbonyl (C=O) groups excluding carboxylic acids is 1. The van der Waals surface area contributed by atoms with Crippen molar-refractivity contribution in [2.75, 3.05) is 0 Å². The Morgan fingerprint density at radius 2 is 1.77 bits per heavy atom. The Hall–Kier alpha value is -1.44. The summed E-state index contributed by atoms with van der Waals surface area (Å²) in [5, 5.41) is 0.583. The van der Waals surface area contributed by atoms with Gasteiger partial charge in [0.25, 0.3) is 10.0 Å². The lowest BCUT2D eigenvalue weighted by atomic mass is 10.2. The maximum absolute atomic E-state index is 12.9. The zero-order chi connectivity index (χ0) is 15.9. The van der Waals surface area contributed by atoms with Crippen LogP contribution in [0.4, 0.5) is 0 Å². The van der Waals surface area contributed by atoms with Gasteiger partial charge in [-0.2, -0.15) is 0 Å². The Morgan fingerprint density at radius 1 is 1.05 bits per heavy atom. The molecule has 4 nitrogen and oxygen atoms in total. The van der Waals surface area contributed by atoms with Gasteiger partial charge in [-0.3, -0.25) is 4.79 Å². The van der Waals surface area contributed by atoms with Crippen molar-refractivity contribution in [3.63, 3.8) is 0 Å². The minimum Gasteiger partial charge on any atom is -0.298 e. The highest BCUT2D eigenvalue weighted by molar-refractivity contribution is 9.10. The second-order valence-electron chi connectivity index (χ2n) is 4.60. The van der Waals surface area contributed by atoms with E-state index in [4.69, 9.17) is 0 Å². The van der Waals surface area contributed by atoms with E-state index in [1.807, 2.05) is 0 Å². The summed E-state index contributed by atoms with van der Waals surface area (Å²) >= 11 is 6.59. The van der Waals surface area contributed by atoms with Crippen LogP contribution in [0.3, 0.4) is 0 Å². The summed E-state index contributed by atoms with van der Waals surface area (Å²) in [4.78, 5) is 11.4. The number of nitrogens with zero attached hydrogens (tertiary/aromatic N) is 1. The molecule has 0 spiro atoms. The standard InChI is InChI=1S/C15H9Br2NO3S/c16-11-5-6-14-12(7-11)10(9-19)8-18(14)22(20,21)15-4-2-1-3-13(15)17/h1-9H. The molecule has 1 aromatic heterocycles. The van der Waals surface area contributed by atoms with Crippen LogP contribution in [-0.4, -0.2) is 18.7 Å². The van der Waals surface area contributed by atoms with E-state index in [9.17, 15) is 13.2 Å². The lowest BCUT2D eigenvalue weighted by Gasteiger charge is -2.09. The Kier molecular flexibility index (Phi) is 3.96. The van der Waals surface area contributed by atoms with Gasteiger partial charge in [0.1, 0.15) is 4.90 Å². The average Bonchev–Trinajstić information content (AvgIpc) is 2.86. The Balaban J connectivity index is 2.35. The van der Waals surface area contributed by atoms with E-state index in [1.54, 1.807) is 36.4 Å². The van der Waals surface area contributed by atoms with Gasteiger partial charge >= 0.3 is 0 Å². The zero-order valence-corrected chi connectivity index (χ0v) is 15.0. The molecule has 22 heavy (non-hydrogen) atoms. The minimum atomic E-state index is -3.80. The quantitative estimate of drug-likeness (QED) is 0.570. The number of halogens is 2. The molecule has 0 radical (unpaired) electrons. The van der Waals surface area contributed by atoms with Crippen molar-refractivity contribution < 1.29 is 13.2 Å². The molecule has 1 heterocycles. The summed E-state index contributed by atoms with van der Waals surface area (Å²) in [5.74, 6) is 0. The fourth-order valence-electron chi connectivity index (χ4n) is 2.25. The lowest BCUT2D eigenvalue weighted by Crippen LogP contribution is -2.12. The second kappa shape index (κ2) is 5.64. The van der Waals surface area contributed by atoms with Gasteiger partial charge in [0.2, 0.25) is 0 Å². The van der Waals surface area contributed by atoms with Crippen molar-refractivity contribution >= 4 is 59.1 Å². The summed E-state index contributed by atoms with van der Waals surface area (Å²) < 4.78 is 28.2. The first-order valence-corrected chi connectivity index (χ1v) is 9.23. The molecule has 2 aromatic carbocycles. The molecule has 0 aliphatic carbocycles. The molecule has 0 bridgehead atoms. The van der Waals surface area contributed by atoms with Gasteiger partial charge < -0.3 is 0 Å². The number of benzene rings is 2. The SMILES string of the molecule is O=Cc1cn(S(=O)(=O)c2ccccc2Br)c2ccc(Br)cc12. The van der Waals surface area contributed by atoms with Gasteiger partial charge in [-0.25, -0.2) is 12.4 Å². The monoisotopic (exact) mass is 441 g/mol. The summed E-state index contributed by atoms with van der Waals surface area (Å²) in [6.45, 7) is 0. The number of carbonyl (C=O) groups is 1. The molecule has 0 atom stereocenters. The third-order valence-corrected chi connectivity index (χ3v) is 6.44. The van der Waals surface area contributed by atoms with Gasteiger partial charge in [0.15, 0.2) is 6.29 Å². The molecule has 0 amide bonds. The number of hydrogen-bond donors (Lipinski definition) is 0. The van der Waals surface area contributed by atoms with E-state index >= 15 is 0 Å². The van der Waals surface area contributed by atoms with Crippen LogP contribution in [0.1, 0.15) is 10.4 Å². The number of aromatic nitrogens is 1. The first kappa shape index (κ1) is 15.5. The van der Waals surface area contributed by atoms with E-state index < -0.39 is 10.0 Å². The Morgan fingerprint density at radius 3 is 2.45 bits per heavy atom. The molecule has 3 aromatic rings. The molecular weight excluding hydrogens is 434 g/mol. The third kappa shape index (κ3) is 2.43. The maximum Gasteiger partial charge on any atom is 0.269 e. The van der Waals surface area contributed by atoms with Gasteiger partial charge in [-0.15, -0.1) is 0 Å². The van der Waals surface area contributed by atoms with Gasteiger partial charge in [0.05, 0.1) is 5.52 Å². The maximum atomic E-state index is 12.9. The molecule has 0 fully saturated rings. The second-order valence-corrected chi connectivity index (χ2v) is 8.15. The van der Waals surface area contributed by atoms with Crippen LogP contribution in [0.2, 0.25) is 0 Å². The summed E-state index contributed by atoms with van der Waals surface area (Å²) in [6.07, 6.45) is 2.00. The number of fused-ring (bicyclic) bond motifs is 1. The van der Waals surface area contributed by atoms with Crippen LogP contribution >= 0.6 is 31.9 Å². The zero-order valence-electron chi connectivity index (χ0n) is 11.0. The van der Waals surface area contributed by atoms with Crippen LogP contribution in [-0.2, 0) is 10.0 Å². The normalized spacial score (nSPS) is 11.7.